The Morgan fingerprint density at radius 3 is 1.81 bits per heavy atom. The molecule has 0 aliphatic carbocycles. The van der Waals surface area contributed by atoms with E-state index in [9.17, 15) is 13.2 Å². The lowest BCUT2D eigenvalue weighted by Gasteiger charge is -2.11. The number of hydrogen-bond donors (Lipinski definition) is 2. The first kappa shape index (κ1) is 18.7. The van der Waals surface area contributed by atoms with Crippen molar-refractivity contribution >= 4 is 27.3 Å². The van der Waals surface area contributed by atoms with Crippen molar-refractivity contribution in [3.8, 4) is 0 Å². The van der Waals surface area contributed by atoms with Gasteiger partial charge in [0.15, 0.2) is 0 Å². The maximum atomic E-state index is 12.6. The third-order valence-electron chi connectivity index (χ3n) is 4.21. The molecule has 3 aromatic rings. The largest absolute Gasteiger partial charge is 0.322 e. The predicted octanol–water partition coefficient (Wildman–Crippen LogP) is 4.36. The second-order valence-electron chi connectivity index (χ2n) is 6.21. The zero-order chi connectivity index (χ0) is 19.4. The molecule has 0 fully saturated rings. The van der Waals surface area contributed by atoms with Gasteiger partial charge < -0.3 is 5.32 Å². The Bertz CT molecular complexity index is 1070. The van der Waals surface area contributed by atoms with E-state index >= 15 is 0 Å². The minimum absolute atomic E-state index is 0.0956. The van der Waals surface area contributed by atoms with E-state index in [1.807, 2.05) is 50.2 Å². The van der Waals surface area contributed by atoms with Gasteiger partial charge in [0.25, 0.3) is 15.9 Å². The highest BCUT2D eigenvalue weighted by atomic mass is 32.2. The predicted molar refractivity (Wildman–Crippen MR) is 108 cm³/mol. The Morgan fingerprint density at radius 2 is 1.26 bits per heavy atom. The van der Waals surface area contributed by atoms with E-state index in [4.69, 9.17) is 0 Å². The fourth-order valence-electron chi connectivity index (χ4n) is 2.58. The highest BCUT2D eigenvalue weighted by Crippen LogP contribution is 2.20. The van der Waals surface area contributed by atoms with E-state index in [1.54, 1.807) is 12.1 Å². The number of para-hydroxylation sites is 2. The van der Waals surface area contributed by atoms with Gasteiger partial charge in [-0.1, -0.05) is 36.4 Å². The number of aryl methyl sites for hydroxylation is 2. The van der Waals surface area contributed by atoms with Crippen LogP contribution in [0.2, 0.25) is 0 Å². The standard InChI is InChI=1S/C21H20N2O3S/c1-15-7-3-5-9-19(15)22-21(24)17-11-13-18(14-12-17)27(25,26)23-20-10-6-4-8-16(20)2/h3-14,23H,1-2H3,(H,22,24). The smallest absolute Gasteiger partial charge is 0.261 e. The summed E-state index contributed by atoms with van der Waals surface area (Å²) in [7, 11) is -3.73. The van der Waals surface area contributed by atoms with E-state index in [-0.39, 0.29) is 10.8 Å². The first-order valence-corrected chi connectivity index (χ1v) is 9.90. The maximum Gasteiger partial charge on any atom is 0.261 e. The van der Waals surface area contributed by atoms with Crippen molar-refractivity contribution < 1.29 is 13.2 Å². The molecule has 0 aliphatic heterocycles. The molecule has 0 saturated carbocycles. The number of amides is 1. The lowest BCUT2D eigenvalue weighted by Crippen LogP contribution is -2.15. The van der Waals surface area contributed by atoms with Crippen molar-refractivity contribution in [3.63, 3.8) is 0 Å². The molecule has 2 N–H and O–H groups in total. The van der Waals surface area contributed by atoms with Crippen molar-refractivity contribution in [3.05, 3.63) is 89.5 Å². The average molecular weight is 380 g/mol. The van der Waals surface area contributed by atoms with Gasteiger partial charge in [-0.3, -0.25) is 9.52 Å². The van der Waals surface area contributed by atoms with Gasteiger partial charge in [0, 0.05) is 11.3 Å². The van der Waals surface area contributed by atoms with E-state index in [2.05, 4.69) is 10.0 Å². The molecule has 3 rings (SSSR count). The molecule has 0 saturated heterocycles. The van der Waals surface area contributed by atoms with Crippen LogP contribution in [0.25, 0.3) is 0 Å². The molecular formula is C21H20N2O3S. The monoisotopic (exact) mass is 380 g/mol. The summed E-state index contributed by atoms with van der Waals surface area (Å²) in [6.45, 7) is 3.74. The first-order valence-electron chi connectivity index (χ1n) is 8.42. The first-order chi connectivity index (χ1) is 12.9. The van der Waals surface area contributed by atoms with Gasteiger partial charge in [0.1, 0.15) is 0 Å². The molecule has 0 radical (unpaired) electrons. The molecule has 0 spiro atoms. The average Bonchev–Trinajstić information content (AvgIpc) is 2.65. The summed E-state index contributed by atoms with van der Waals surface area (Å²) >= 11 is 0. The molecule has 0 unspecified atom stereocenters. The van der Waals surface area contributed by atoms with E-state index in [0.717, 1.165) is 16.8 Å². The van der Waals surface area contributed by atoms with Crippen LogP contribution >= 0.6 is 0 Å². The van der Waals surface area contributed by atoms with Crippen LogP contribution in [-0.2, 0) is 10.0 Å². The van der Waals surface area contributed by atoms with Gasteiger partial charge in [-0.25, -0.2) is 8.42 Å². The van der Waals surface area contributed by atoms with E-state index < -0.39 is 10.0 Å². The Kier molecular flexibility index (Phi) is 5.28. The molecule has 0 bridgehead atoms. The molecule has 1 amide bonds. The molecule has 0 heterocycles. The van der Waals surface area contributed by atoms with E-state index in [0.29, 0.717) is 11.3 Å². The van der Waals surface area contributed by atoms with Crippen LogP contribution in [-0.4, -0.2) is 14.3 Å². The number of carbonyl (C=O) groups excluding carboxylic acids is 1. The van der Waals surface area contributed by atoms with Crippen molar-refractivity contribution in [2.24, 2.45) is 0 Å². The number of anilines is 2. The Morgan fingerprint density at radius 1 is 0.741 bits per heavy atom. The highest BCUT2D eigenvalue weighted by Gasteiger charge is 2.16. The van der Waals surface area contributed by atoms with Crippen LogP contribution in [0.15, 0.2) is 77.7 Å². The van der Waals surface area contributed by atoms with E-state index in [1.165, 1.54) is 24.3 Å². The number of rotatable bonds is 5. The van der Waals surface area contributed by atoms with Crippen LogP contribution in [0.4, 0.5) is 11.4 Å². The molecule has 0 atom stereocenters. The van der Waals surface area contributed by atoms with Crippen LogP contribution in [0.3, 0.4) is 0 Å². The molecule has 138 valence electrons. The number of sulfonamides is 1. The highest BCUT2D eigenvalue weighted by molar-refractivity contribution is 7.92. The fourth-order valence-corrected chi connectivity index (χ4v) is 3.71. The van der Waals surface area contributed by atoms with Gasteiger partial charge in [0.05, 0.1) is 10.6 Å². The summed E-state index contributed by atoms with van der Waals surface area (Å²) in [4.78, 5) is 12.5. The second kappa shape index (κ2) is 7.63. The molecule has 3 aromatic carbocycles. The minimum Gasteiger partial charge on any atom is -0.322 e. The van der Waals surface area contributed by atoms with Crippen molar-refractivity contribution in [2.45, 2.75) is 18.7 Å². The molecule has 27 heavy (non-hydrogen) atoms. The SMILES string of the molecule is Cc1ccccc1NC(=O)c1ccc(S(=O)(=O)Nc2ccccc2C)cc1. The summed E-state index contributed by atoms with van der Waals surface area (Å²) in [6, 6.07) is 20.5. The Balaban J connectivity index is 1.77. The number of carbonyl (C=O) groups is 1. The lowest BCUT2D eigenvalue weighted by molar-refractivity contribution is 0.102. The second-order valence-corrected chi connectivity index (χ2v) is 7.90. The number of benzene rings is 3. The summed E-state index contributed by atoms with van der Waals surface area (Å²) in [6.07, 6.45) is 0. The topological polar surface area (TPSA) is 75.3 Å². The summed E-state index contributed by atoms with van der Waals surface area (Å²) in [5.41, 5.74) is 3.41. The summed E-state index contributed by atoms with van der Waals surface area (Å²) in [5, 5.41) is 2.83. The van der Waals surface area contributed by atoms with Gasteiger partial charge >= 0.3 is 0 Å². The van der Waals surface area contributed by atoms with Gasteiger partial charge in [-0.05, 0) is 61.4 Å². The van der Waals surface area contributed by atoms with Gasteiger partial charge in [-0.2, -0.15) is 0 Å². The third-order valence-corrected chi connectivity index (χ3v) is 5.59. The normalized spacial score (nSPS) is 11.0. The zero-order valence-corrected chi connectivity index (χ0v) is 15.9. The molecular weight excluding hydrogens is 360 g/mol. The lowest BCUT2D eigenvalue weighted by atomic mass is 10.1. The van der Waals surface area contributed by atoms with Gasteiger partial charge in [-0.15, -0.1) is 0 Å². The Hall–Kier alpha value is -3.12. The van der Waals surface area contributed by atoms with Crippen molar-refractivity contribution in [2.75, 3.05) is 10.0 Å². The molecule has 6 heteroatoms. The van der Waals surface area contributed by atoms with Crippen molar-refractivity contribution in [1.29, 1.82) is 0 Å². The molecule has 0 aliphatic rings. The van der Waals surface area contributed by atoms with Crippen LogP contribution in [0.1, 0.15) is 21.5 Å². The van der Waals surface area contributed by atoms with Crippen LogP contribution in [0.5, 0.6) is 0 Å². The summed E-state index contributed by atoms with van der Waals surface area (Å²) in [5.74, 6) is -0.292. The fraction of sp³-hybridized carbons (Fsp3) is 0.0952. The van der Waals surface area contributed by atoms with Gasteiger partial charge in [0.2, 0.25) is 0 Å². The zero-order valence-electron chi connectivity index (χ0n) is 15.1. The Labute approximate surface area is 159 Å². The van der Waals surface area contributed by atoms with Crippen molar-refractivity contribution in [1.82, 2.24) is 0 Å². The minimum atomic E-state index is -3.73. The number of hydrogen-bond acceptors (Lipinski definition) is 3. The van der Waals surface area contributed by atoms with Crippen LogP contribution < -0.4 is 10.0 Å². The molecule has 0 aromatic heterocycles. The summed E-state index contributed by atoms with van der Waals surface area (Å²) < 4.78 is 27.7. The third kappa shape index (κ3) is 4.35. The molecule has 5 nitrogen and oxygen atoms in total. The maximum absolute atomic E-state index is 12.6. The quantitative estimate of drug-likeness (QED) is 0.691. The van der Waals surface area contributed by atoms with Crippen LogP contribution in [0, 0.1) is 13.8 Å². The number of nitrogens with one attached hydrogen (secondary N) is 2.